The zero-order valence-electron chi connectivity index (χ0n) is 13.2. The van der Waals surface area contributed by atoms with E-state index in [4.69, 9.17) is 0 Å². The van der Waals surface area contributed by atoms with E-state index < -0.39 is 11.4 Å². The summed E-state index contributed by atoms with van der Waals surface area (Å²) in [5.41, 5.74) is -0.00563. The largest absolute Gasteiger partial charge is 0.481 e. The van der Waals surface area contributed by atoms with Gasteiger partial charge in [-0.15, -0.1) is 0 Å². The zero-order valence-corrected chi connectivity index (χ0v) is 13.2. The lowest BCUT2D eigenvalue weighted by molar-refractivity contribution is -0.153. The molecule has 0 bridgehead atoms. The van der Waals surface area contributed by atoms with Gasteiger partial charge in [0.05, 0.1) is 11.5 Å². The van der Waals surface area contributed by atoms with Crippen LogP contribution in [-0.2, 0) is 9.59 Å². The molecular formula is C17H25NO3. The first-order chi connectivity index (χ1) is 9.81. The average molecular weight is 291 g/mol. The van der Waals surface area contributed by atoms with Crippen LogP contribution in [0.25, 0.3) is 0 Å². The Hall–Kier alpha value is -1.84. The van der Waals surface area contributed by atoms with Crippen LogP contribution in [-0.4, -0.2) is 17.0 Å². The Morgan fingerprint density at radius 2 is 1.81 bits per heavy atom. The Kier molecular flexibility index (Phi) is 5.94. The lowest BCUT2D eigenvalue weighted by atomic mass is 9.76. The summed E-state index contributed by atoms with van der Waals surface area (Å²) in [6.07, 6.45) is 0.755. The molecule has 0 saturated carbocycles. The molecule has 0 aromatic heterocycles. The number of aliphatic carboxylic acids is 1. The van der Waals surface area contributed by atoms with Crippen LogP contribution in [0.1, 0.15) is 52.1 Å². The summed E-state index contributed by atoms with van der Waals surface area (Å²) in [4.78, 5) is 23.7. The highest BCUT2D eigenvalue weighted by atomic mass is 16.4. The highest BCUT2D eigenvalue weighted by Crippen LogP contribution is 2.31. The summed E-state index contributed by atoms with van der Waals surface area (Å²) < 4.78 is 0. The Morgan fingerprint density at radius 1 is 1.24 bits per heavy atom. The number of carboxylic acid groups (broad SMARTS) is 1. The summed E-state index contributed by atoms with van der Waals surface area (Å²) in [5, 5.41) is 12.3. The van der Waals surface area contributed by atoms with Crippen molar-refractivity contribution in [2.45, 2.75) is 46.6 Å². The van der Waals surface area contributed by atoms with Gasteiger partial charge in [0.1, 0.15) is 0 Å². The number of rotatable bonds is 7. The minimum Gasteiger partial charge on any atom is -0.481 e. The van der Waals surface area contributed by atoms with Crippen LogP contribution in [0.3, 0.4) is 0 Å². The highest BCUT2D eigenvalue weighted by molar-refractivity contribution is 5.85. The second kappa shape index (κ2) is 7.25. The first-order valence-electron chi connectivity index (χ1n) is 7.39. The smallest absolute Gasteiger partial charge is 0.310 e. The minimum absolute atomic E-state index is 0.0106. The molecule has 1 aromatic rings. The van der Waals surface area contributed by atoms with E-state index >= 15 is 0 Å². The number of carbonyl (C=O) groups excluding carboxylic acids is 1. The molecule has 0 radical (unpaired) electrons. The molecule has 2 atom stereocenters. The third kappa shape index (κ3) is 4.31. The molecular weight excluding hydrogens is 266 g/mol. The van der Waals surface area contributed by atoms with Crippen molar-refractivity contribution >= 4 is 11.9 Å². The van der Waals surface area contributed by atoms with Crippen molar-refractivity contribution in [1.29, 1.82) is 0 Å². The van der Waals surface area contributed by atoms with Crippen molar-refractivity contribution in [2.24, 2.45) is 11.3 Å². The number of amides is 1. The van der Waals surface area contributed by atoms with E-state index in [-0.39, 0.29) is 24.3 Å². The quantitative estimate of drug-likeness (QED) is 0.809. The van der Waals surface area contributed by atoms with Gasteiger partial charge in [-0.3, -0.25) is 9.59 Å². The summed E-state index contributed by atoms with van der Waals surface area (Å²) in [7, 11) is 0. The normalized spacial score (nSPS) is 15.3. The van der Waals surface area contributed by atoms with Crippen molar-refractivity contribution in [3.05, 3.63) is 35.9 Å². The molecule has 0 aliphatic carbocycles. The van der Waals surface area contributed by atoms with Gasteiger partial charge in [-0.1, -0.05) is 51.1 Å². The summed E-state index contributed by atoms with van der Waals surface area (Å²) in [5.74, 6) is -1.26. The number of benzene rings is 1. The lowest BCUT2D eigenvalue weighted by Gasteiger charge is -2.29. The van der Waals surface area contributed by atoms with Crippen LogP contribution in [0, 0.1) is 11.3 Å². The number of hydrogen-bond acceptors (Lipinski definition) is 2. The first-order valence-corrected chi connectivity index (χ1v) is 7.39. The molecule has 0 aliphatic rings. The molecule has 4 nitrogen and oxygen atoms in total. The molecule has 116 valence electrons. The molecule has 2 N–H and O–H groups in total. The second-order valence-corrected chi connectivity index (χ2v) is 5.99. The molecule has 0 saturated heterocycles. The van der Waals surface area contributed by atoms with Crippen molar-refractivity contribution in [3.63, 3.8) is 0 Å². The fourth-order valence-corrected chi connectivity index (χ4v) is 2.21. The highest BCUT2D eigenvalue weighted by Gasteiger charge is 2.39. The minimum atomic E-state index is -1.04. The van der Waals surface area contributed by atoms with E-state index in [1.807, 2.05) is 51.1 Å². The Morgan fingerprint density at radius 3 is 2.24 bits per heavy atom. The van der Waals surface area contributed by atoms with E-state index in [0.29, 0.717) is 0 Å². The summed E-state index contributed by atoms with van der Waals surface area (Å²) >= 11 is 0. The number of nitrogens with one attached hydrogen (secondary N) is 1. The van der Waals surface area contributed by atoms with Crippen LogP contribution < -0.4 is 5.32 Å². The van der Waals surface area contributed by atoms with Gasteiger partial charge in [0.2, 0.25) is 5.91 Å². The van der Waals surface area contributed by atoms with E-state index in [1.54, 1.807) is 6.92 Å². The third-order valence-corrected chi connectivity index (χ3v) is 4.24. The number of carbonyl (C=O) groups is 2. The van der Waals surface area contributed by atoms with E-state index in [1.165, 1.54) is 0 Å². The Labute approximate surface area is 126 Å². The van der Waals surface area contributed by atoms with Crippen molar-refractivity contribution < 1.29 is 14.7 Å². The van der Waals surface area contributed by atoms with E-state index in [9.17, 15) is 14.7 Å². The SMILES string of the molecule is CCC(NC(=O)CC(C)(C(=O)O)C(C)C)c1ccccc1. The number of hydrogen-bond donors (Lipinski definition) is 2. The molecule has 2 unspecified atom stereocenters. The molecule has 0 heterocycles. The molecule has 0 aliphatic heterocycles. The van der Waals surface area contributed by atoms with E-state index in [0.717, 1.165) is 12.0 Å². The van der Waals surface area contributed by atoms with Crippen molar-refractivity contribution in [3.8, 4) is 0 Å². The maximum atomic E-state index is 12.2. The molecule has 1 rings (SSSR count). The van der Waals surface area contributed by atoms with Gasteiger partial charge in [-0.25, -0.2) is 0 Å². The zero-order chi connectivity index (χ0) is 16.0. The maximum absolute atomic E-state index is 12.2. The number of carboxylic acids is 1. The second-order valence-electron chi connectivity index (χ2n) is 5.99. The molecule has 1 aromatic carbocycles. The predicted octanol–water partition coefficient (Wildman–Crippen LogP) is 3.39. The molecule has 0 spiro atoms. The van der Waals surface area contributed by atoms with Crippen LogP contribution >= 0.6 is 0 Å². The molecule has 21 heavy (non-hydrogen) atoms. The Balaban J connectivity index is 2.78. The van der Waals surface area contributed by atoms with Crippen LogP contribution in [0.5, 0.6) is 0 Å². The summed E-state index contributed by atoms with van der Waals surface area (Å²) in [6.45, 7) is 7.28. The van der Waals surface area contributed by atoms with Gasteiger partial charge in [0, 0.05) is 6.42 Å². The van der Waals surface area contributed by atoms with Gasteiger partial charge in [-0.05, 0) is 24.8 Å². The maximum Gasteiger partial charge on any atom is 0.310 e. The third-order valence-electron chi connectivity index (χ3n) is 4.24. The van der Waals surface area contributed by atoms with Crippen LogP contribution in [0.15, 0.2) is 30.3 Å². The fraction of sp³-hybridized carbons (Fsp3) is 0.529. The van der Waals surface area contributed by atoms with E-state index in [2.05, 4.69) is 5.32 Å². The molecule has 0 fully saturated rings. The van der Waals surface area contributed by atoms with Crippen LogP contribution in [0.2, 0.25) is 0 Å². The van der Waals surface area contributed by atoms with Crippen molar-refractivity contribution in [1.82, 2.24) is 5.32 Å². The Bertz CT molecular complexity index is 484. The van der Waals surface area contributed by atoms with Gasteiger partial charge >= 0.3 is 5.97 Å². The standard InChI is InChI=1S/C17H25NO3/c1-5-14(13-9-7-6-8-10-13)18-15(19)11-17(4,12(2)3)16(20)21/h6-10,12,14H,5,11H2,1-4H3,(H,18,19)(H,20,21). The monoisotopic (exact) mass is 291 g/mol. The first kappa shape index (κ1) is 17.2. The molecule has 4 heteroatoms. The van der Waals surface area contributed by atoms with Gasteiger partial charge in [0.25, 0.3) is 0 Å². The lowest BCUT2D eigenvalue weighted by Crippen LogP contribution is -2.40. The van der Waals surface area contributed by atoms with Crippen LogP contribution in [0.4, 0.5) is 0 Å². The fourth-order valence-electron chi connectivity index (χ4n) is 2.21. The summed E-state index contributed by atoms with van der Waals surface area (Å²) in [6, 6.07) is 9.64. The van der Waals surface area contributed by atoms with Crippen molar-refractivity contribution in [2.75, 3.05) is 0 Å². The predicted molar refractivity (Wildman–Crippen MR) is 82.8 cm³/mol. The van der Waals surface area contributed by atoms with Gasteiger partial charge in [-0.2, -0.15) is 0 Å². The van der Waals surface area contributed by atoms with Gasteiger partial charge < -0.3 is 10.4 Å². The average Bonchev–Trinajstić information content (AvgIpc) is 2.45. The molecule has 1 amide bonds. The van der Waals surface area contributed by atoms with Gasteiger partial charge in [0.15, 0.2) is 0 Å². The topological polar surface area (TPSA) is 66.4 Å².